The minimum Gasteiger partial charge on any atom is -0.465 e. The Morgan fingerprint density at radius 1 is 1.09 bits per heavy atom. The van der Waals surface area contributed by atoms with Crippen molar-refractivity contribution in [2.24, 2.45) is 0 Å². The summed E-state index contributed by atoms with van der Waals surface area (Å²) in [4.78, 5) is 24.5. The first-order valence-electron chi connectivity index (χ1n) is 7.81. The molecule has 2 aliphatic carbocycles. The Morgan fingerprint density at radius 3 is 2.04 bits per heavy atom. The fraction of sp³-hybridized carbons (Fsp3) is 0.263. The van der Waals surface area contributed by atoms with Crippen LogP contribution in [0.15, 0.2) is 48.5 Å². The normalized spacial score (nSPS) is 17.2. The zero-order chi connectivity index (χ0) is 16.0. The third-order valence-corrected chi connectivity index (χ3v) is 5.08. The van der Waals surface area contributed by atoms with Gasteiger partial charge in [0.1, 0.15) is 11.8 Å². The number of amides is 1. The molecule has 1 saturated carbocycles. The van der Waals surface area contributed by atoms with Crippen LogP contribution in [0.4, 0.5) is 4.79 Å². The standard InChI is InChI=1S/C19H17NO3/c21-12-19(9-10-19)20(18(22)23)11-17-15-7-3-1-5-13(15)14-6-2-4-8-16(14)17/h1-8,12,17H,9-11H2,(H,22,23). The van der Waals surface area contributed by atoms with Crippen molar-refractivity contribution in [2.45, 2.75) is 24.3 Å². The number of nitrogens with zero attached hydrogens (tertiary/aromatic N) is 1. The second kappa shape index (κ2) is 4.95. The van der Waals surface area contributed by atoms with Gasteiger partial charge in [-0.2, -0.15) is 0 Å². The summed E-state index contributed by atoms with van der Waals surface area (Å²) >= 11 is 0. The van der Waals surface area contributed by atoms with Crippen LogP contribution < -0.4 is 0 Å². The third kappa shape index (κ3) is 2.05. The van der Waals surface area contributed by atoms with E-state index in [2.05, 4.69) is 24.3 Å². The summed E-state index contributed by atoms with van der Waals surface area (Å²) < 4.78 is 0. The van der Waals surface area contributed by atoms with E-state index in [1.165, 1.54) is 4.90 Å². The predicted octanol–water partition coefficient (Wildman–Crippen LogP) is 3.51. The predicted molar refractivity (Wildman–Crippen MR) is 86.5 cm³/mol. The molecule has 1 N–H and O–H groups in total. The van der Waals surface area contributed by atoms with E-state index >= 15 is 0 Å². The van der Waals surface area contributed by atoms with E-state index in [1.807, 2.05) is 24.3 Å². The highest BCUT2D eigenvalue weighted by Crippen LogP contribution is 2.47. The van der Waals surface area contributed by atoms with Crippen molar-refractivity contribution in [1.82, 2.24) is 4.90 Å². The Morgan fingerprint density at radius 2 is 1.61 bits per heavy atom. The van der Waals surface area contributed by atoms with Crippen molar-refractivity contribution in [2.75, 3.05) is 6.54 Å². The van der Waals surface area contributed by atoms with Crippen LogP contribution in [0.3, 0.4) is 0 Å². The second-order valence-corrected chi connectivity index (χ2v) is 6.34. The number of rotatable bonds is 4. The molecule has 0 radical (unpaired) electrons. The van der Waals surface area contributed by atoms with Crippen molar-refractivity contribution >= 4 is 12.4 Å². The van der Waals surface area contributed by atoms with E-state index in [0.717, 1.165) is 28.5 Å². The van der Waals surface area contributed by atoms with Crippen LogP contribution in [0.1, 0.15) is 29.9 Å². The Bertz CT molecular complexity index is 749. The van der Waals surface area contributed by atoms with Crippen LogP contribution >= 0.6 is 0 Å². The Kier molecular flexibility index (Phi) is 3.01. The molecule has 0 atom stereocenters. The fourth-order valence-corrected chi connectivity index (χ4v) is 3.67. The van der Waals surface area contributed by atoms with Crippen LogP contribution in [0.2, 0.25) is 0 Å². The molecule has 0 bridgehead atoms. The highest BCUT2D eigenvalue weighted by atomic mass is 16.4. The largest absolute Gasteiger partial charge is 0.465 e. The quantitative estimate of drug-likeness (QED) is 0.879. The molecule has 23 heavy (non-hydrogen) atoms. The summed E-state index contributed by atoms with van der Waals surface area (Å²) in [5.41, 5.74) is 3.80. The van der Waals surface area contributed by atoms with Gasteiger partial charge in [0.25, 0.3) is 0 Å². The highest BCUT2D eigenvalue weighted by molar-refractivity contribution is 5.81. The smallest absolute Gasteiger partial charge is 0.408 e. The molecular formula is C19H17NO3. The summed E-state index contributed by atoms with van der Waals surface area (Å²) in [6.07, 6.45) is 1.03. The maximum absolute atomic E-state index is 11.7. The molecule has 0 saturated heterocycles. The number of benzene rings is 2. The van der Waals surface area contributed by atoms with Crippen LogP contribution in [-0.4, -0.2) is 34.5 Å². The van der Waals surface area contributed by atoms with Crippen molar-refractivity contribution < 1.29 is 14.7 Å². The molecule has 4 heteroatoms. The summed E-state index contributed by atoms with van der Waals surface area (Å²) in [7, 11) is 0. The lowest BCUT2D eigenvalue weighted by molar-refractivity contribution is -0.113. The van der Waals surface area contributed by atoms with Gasteiger partial charge in [-0.25, -0.2) is 4.79 Å². The van der Waals surface area contributed by atoms with Gasteiger partial charge in [0.15, 0.2) is 0 Å². The molecular weight excluding hydrogens is 290 g/mol. The van der Waals surface area contributed by atoms with Gasteiger partial charge >= 0.3 is 6.09 Å². The molecule has 2 aromatic carbocycles. The number of carboxylic acid groups (broad SMARTS) is 1. The van der Waals surface area contributed by atoms with Crippen LogP contribution in [0.5, 0.6) is 0 Å². The summed E-state index contributed by atoms with van der Waals surface area (Å²) in [6, 6.07) is 16.2. The van der Waals surface area contributed by atoms with E-state index in [0.29, 0.717) is 19.4 Å². The SMILES string of the molecule is O=CC1(N(CC2c3ccccc3-c3ccccc32)C(=O)O)CC1. The lowest BCUT2D eigenvalue weighted by Gasteiger charge is -2.28. The third-order valence-electron chi connectivity index (χ3n) is 5.08. The first-order valence-corrected chi connectivity index (χ1v) is 7.81. The Labute approximate surface area is 134 Å². The average Bonchev–Trinajstić information content (AvgIpc) is 3.30. The van der Waals surface area contributed by atoms with Gasteiger partial charge in [0, 0.05) is 12.5 Å². The van der Waals surface area contributed by atoms with Crippen molar-refractivity contribution in [3.8, 4) is 11.1 Å². The van der Waals surface area contributed by atoms with E-state index in [9.17, 15) is 14.7 Å². The number of hydrogen-bond acceptors (Lipinski definition) is 2. The highest BCUT2D eigenvalue weighted by Gasteiger charge is 2.51. The van der Waals surface area contributed by atoms with E-state index in [1.54, 1.807) is 0 Å². The number of fused-ring (bicyclic) bond motifs is 3. The number of aldehydes is 1. The molecule has 4 nitrogen and oxygen atoms in total. The van der Waals surface area contributed by atoms with Crippen molar-refractivity contribution in [3.05, 3.63) is 59.7 Å². The second-order valence-electron chi connectivity index (χ2n) is 6.34. The van der Waals surface area contributed by atoms with Gasteiger partial charge in [-0.15, -0.1) is 0 Å². The summed E-state index contributed by atoms with van der Waals surface area (Å²) in [6.45, 7) is 0.322. The van der Waals surface area contributed by atoms with Gasteiger partial charge in [0.05, 0.1) is 0 Å². The first kappa shape index (κ1) is 14.0. The topological polar surface area (TPSA) is 57.6 Å². The van der Waals surface area contributed by atoms with Crippen LogP contribution in [-0.2, 0) is 4.79 Å². The summed E-state index contributed by atoms with van der Waals surface area (Å²) in [5, 5.41) is 9.60. The molecule has 1 fully saturated rings. The molecule has 0 unspecified atom stereocenters. The molecule has 0 heterocycles. The lowest BCUT2D eigenvalue weighted by Crippen LogP contribution is -2.44. The number of carbonyl (C=O) groups is 2. The average molecular weight is 307 g/mol. The molecule has 0 aromatic heterocycles. The van der Waals surface area contributed by atoms with Crippen molar-refractivity contribution in [1.29, 1.82) is 0 Å². The molecule has 2 aliphatic rings. The Hall–Kier alpha value is -2.62. The number of carbonyl (C=O) groups excluding carboxylic acids is 1. The molecule has 0 aliphatic heterocycles. The summed E-state index contributed by atoms with van der Waals surface area (Å²) in [5.74, 6) is -0.0177. The van der Waals surface area contributed by atoms with Gasteiger partial charge in [-0.05, 0) is 35.1 Å². The van der Waals surface area contributed by atoms with E-state index in [4.69, 9.17) is 0 Å². The maximum Gasteiger partial charge on any atom is 0.408 e. The van der Waals surface area contributed by atoms with Gasteiger partial charge in [0.2, 0.25) is 0 Å². The molecule has 1 amide bonds. The minimum absolute atomic E-state index is 0.0177. The van der Waals surface area contributed by atoms with Gasteiger partial charge < -0.3 is 9.90 Å². The zero-order valence-corrected chi connectivity index (χ0v) is 12.6. The van der Waals surface area contributed by atoms with Crippen molar-refractivity contribution in [3.63, 3.8) is 0 Å². The molecule has 0 spiro atoms. The molecule has 2 aromatic rings. The van der Waals surface area contributed by atoms with Crippen LogP contribution in [0, 0.1) is 0 Å². The zero-order valence-electron chi connectivity index (χ0n) is 12.6. The van der Waals surface area contributed by atoms with Gasteiger partial charge in [-0.3, -0.25) is 4.90 Å². The first-order chi connectivity index (χ1) is 11.2. The maximum atomic E-state index is 11.7. The van der Waals surface area contributed by atoms with Crippen LogP contribution in [0.25, 0.3) is 11.1 Å². The van der Waals surface area contributed by atoms with Gasteiger partial charge in [-0.1, -0.05) is 48.5 Å². The number of hydrogen-bond donors (Lipinski definition) is 1. The molecule has 4 rings (SSSR count). The monoisotopic (exact) mass is 307 g/mol. The minimum atomic E-state index is -1.02. The lowest BCUT2D eigenvalue weighted by atomic mass is 9.95. The Balaban J connectivity index is 1.77. The fourth-order valence-electron chi connectivity index (χ4n) is 3.67. The van der Waals surface area contributed by atoms with E-state index in [-0.39, 0.29) is 5.92 Å². The van der Waals surface area contributed by atoms with E-state index < -0.39 is 11.6 Å². The molecule has 116 valence electrons.